The molecule has 0 bridgehead atoms. The van der Waals surface area contributed by atoms with E-state index in [1.165, 1.54) is 0 Å². The molecule has 0 fully saturated rings. The number of aromatic nitrogens is 2. The first-order valence-corrected chi connectivity index (χ1v) is 11.9. The van der Waals surface area contributed by atoms with Gasteiger partial charge in [-0.3, -0.25) is 4.90 Å². The number of aromatic amines is 1. The smallest absolute Gasteiger partial charge is 0.232 e. The maximum atomic E-state index is 9.91. The van der Waals surface area contributed by atoms with Gasteiger partial charge in [-0.05, 0) is 61.0 Å². The van der Waals surface area contributed by atoms with Gasteiger partial charge in [-0.2, -0.15) is 0 Å². The van der Waals surface area contributed by atoms with Gasteiger partial charge in [0.2, 0.25) is 5.96 Å². The molecule has 1 atom stereocenters. The second kappa shape index (κ2) is 7.76. The highest BCUT2D eigenvalue weighted by Gasteiger charge is 2.54. The first kappa shape index (κ1) is 21.3. The molecule has 3 aliphatic rings. The number of aromatic hydroxyl groups is 1. The molecule has 4 aromatic rings. The van der Waals surface area contributed by atoms with Crippen LogP contribution in [-0.2, 0) is 5.54 Å². The largest absolute Gasteiger partial charge is 0.508 e. The number of nitrogens with one attached hydrogen (secondary N) is 1. The van der Waals surface area contributed by atoms with Gasteiger partial charge >= 0.3 is 0 Å². The number of hydrogen-bond acceptors (Lipinski definition) is 7. The molecule has 0 spiro atoms. The van der Waals surface area contributed by atoms with Crippen molar-refractivity contribution in [2.24, 2.45) is 15.0 Å². The highest BCUT2D eigenvalue weighted by Crippen LogP contribution is 2.50. The molecular formula is C29H22N6O2. The van der Waals surface area contributed by atoms with Crippen LogP contribution in [0.2, 0.25) is 0 Å². The average Bonchev–Trinajstić information content (AvgIpc) is 3.49. The molecule has 8 heteroatoms. The molecule has 180 valence electrons. The summed E-state index contributed by atoms with van der Waals surface area (Å²) in [5, 5.41) is 9.91. The van der Waals surface area contributed by atoms with Gasteiger partial charge in [-0.1, -0.05) is 30.3 Å². The van der Waals surface area contributed by atoms with Gasteiger partial charge < -0.3 is 14.8 Å². The fourth-order valence-corrected chi connectivity index (χ4v) is 5.23. The maximum Gasteiger partial charge on any atom is 0.232 e. The summed E-state index contributed by atoms with van der Waals surface area (Å²) in [6.07, 6.45) is 3.78. The molecule has 0 amide bonds. The van der Waals surface area contributed by atoms with Gasteiger partial charge in [-0.25, -0.2) is 20.0 Å². The Morgan fingerprint density at radius 2 is 1.76 bits per heavy atom. The van der Waals surface area contributed by atoms with Crippen LogP contribution in [0.25, 0.3) is 17.0 Å². The van der Waals surface area contributed by atoms with Crippen LogP contribution in [0.1, 0.15) is 22.6 Å². The number of aryl methyl sites for hydroxylation is 1. The number of phenols is 1. The number of methoxy groups -OCH3 is 1. The highest BCUT2D eigenvalue weighted by atomic mass is 16.5. The fraction of sp³-hybridized carbons (Fsp3) is 0.103. The van der Waals surface area contributed by atoms with Crippen LogP contribution in [0.3, 0.4) is 0 Å². The standard InChI is InChI=1S/C29H22N6O2/c1-17-31-25(18-7-11-20(36)12-8-18)26(32-17)29(19-9-13-21(37-2)14-10-19)27-33-23-6-4-3-5-22(23)24-15-16-30-28(34-29)35(24)27/h3-16,36H,1-2H3,(H,31,32). The number of allylic oxidation sites excluding steroid dienone is 1. The van der Waals surface area contributed by atoms with E-state index >= 15 is 0 Å². The number of ether oxygens (including phenoxy) is 1. The number of para-hydroxylation sites is 1. The lowest BCUT2D eigenvalue weighted by Crippen LogP contribution is -2.43. The number of aliphatic imine (C=N–C) groups is 3. The van der Waals surface area contributed by atoms with E-state index in [9.17, 15) is 5.11 Å². The molecular weight excluding hydrogens is 464 g/mol. The Hall–Kier alpha value is -4.98. The molecule has 0 aliphatic carbocycles. The van der Waals surface area contributed by atoms with Crippen LogP contribution < -0.4 is 4.74 Å². The van der Waals surface area contributed by atoms with Crippen molar-refractivity contribution < 1.29 is 9.84 Å². The number of H-pyrrole nitrogens is 1. The predicted octanol–water partition coefficient (Wildman–Crippen LogP) is 5.18. The Morgan fingerprint density at radius 3 is 2.54 bits per heavy atom. The van der Waals surface area contributed by atoms with E-state index in [4.69, 9.17) is 19.7 Å². The zero-order chi connectivity index (χ0) is 25.1. The van der Waals surface area contributed by atoms with Crippen molar-refractivity contribution in [3.05, 3.63) is 102 Å². The third kappa shape index (κ3) is 3.02. The van der Waals surface area contributed by atoms with E-state index in [-0.39, 0.29) is 5.75 Å². The second-order valence-electron chi connectivity index (χ2n) is 9.06. The van der Waals surface area contributed by atoms with Crippen molar-refractivity contribution in [1.82, 2.24) is 14.9 Å². The van der Waals surface area contributed by atoms with E-state index in [1.807, 2.05) is 72.5 Å². The number of fused-ring (bicyclic) bond motifs is 2. The molecule has 3 aliphatic heterocycles. The molecule has 0 saturated carbocycles. The fourth-order valence-electron chi connectivity index (χ4n) is 5.23. The van der Waals surface area contributed by atoms with Crippen LogP contribution in [0.4, 0.5) is 5.69 Å². The number of hydrogen-bond donors (Lipinski definition) is 2. The number of benzene rings is 3. The molecule has 1 aromatic heterocycles. The van der Waals surface area contributed by atoms with Crippen LogP contribution in [0.5, 0.6) is 11.5 Å². The first-order valence-electron chi connectivity index (χ1n) is 11.9. The van der Waals surface area contributed by atoms with Crippen LogP contribution in [0, 0.1) is 6.92 Å². The van der Waals surface area contributed by atoms with Crippen molar-refractivity contribution in [3.8, 4) is 22.8 Å². The Labute approximate surface area is 213 Å². The normalized spacial score (nSPS) is 19.1. The summed E-state index contributed by atoms with van der Waals surface area (Å²) >= 11 is 0. The van der Waals surface area contributed by atoms with E-state index in [2.05, 4.69) is 16.0 Å². The monoisotopic (exact) mass is 486 g/mol. The highest BCUT2D eigenvalue weighted by molar-refractivity contribution is 6.24. The van der Waals surface area contributed by atoms with Crippen LogP contribution >= 0.6 is 0 Å². The molecule has 3 aromatic carbocycles. The second-order valence-corrected chi connectivity index (χ2v) is 9.06. The third-order valence-electron chi connectivity index (χ3n) is 6.91. The van der Waals surface area contributed by atoms with Gasteiger partial charge in [0.1, 0.15) is 17.3 Å². The van der Waals surface area contributed by atoms with Crippen molar-refractivity contribution in [3.63, 3.8) is 0 Å². The lowest BCUT2D eigenvalue weighted by Gasteiger charge is -2.34. The van der Waals surface area contributed by atoms with E-state index in [1.54, 1.807) is 25.5 Å². The third-order valence-corrected chi connectivity index (χ3v) is 6.91. The molecule has 4 heterocycles. The van der Waals surface area contributed by atoms with E-state index < -0.39 is 5.54 Å². The van der Waals surface area contributed by atoms with Gasteiger partial charge in [-0.15, -0.1) is 0 Å². The Bertz CT molecular complexity index is 1680. The summed E-state index contributed by atoms with van der Waals surface area (Å²) in [6.45, 7) is 1.92. The van der Waals surface area contributed by atoms with Crippen LogP contribution in [-0.4, -0.2) is 45.1 Å². The number of phenolic OH excluding ortho intramolecular Hbond substituents is 1. The first-order chi connectivity index (χ1) is 18.1. The Balaban J connectivity index is 1.57. The number of imidazole rings is 1. The number of nitrogens with zero attached hydrogens (tertiary/aromatic N) is 5. The minimum absolute atomic E-state index is 0.193. The molecule has 2 N–H and O–H groups in total. The Kier molecular flexibility index (Phi) is 4.47. The number of guanidine groups is 1. The molecule has 1 unspecified atom stereocenters. The van der Waals surface area contributed by atoms with Gasteiger partial charge in [0.25, 0.3) is 0 Å². The summed E-state index contributed by atoms with van der Waals surface area (Å²) in [6, 6.07) is 23.0. The summed E-state index contributed by atoms with van der Waals surface area (Å²) in [4.78, 5) is 25.5. The molecule has 0 saturated heterocycles. The average molecular weight is 487 g/mol. The minimum atomic E-state index is -1.07. The number of amidine groups is 1. The lowest BCUT2D eigenvalue weighted by atomic mass is 9.83. The van der Waals surface area contributed by atoms with Gasteiger partial charge in [0, 0.05) is 17.3 Å². The minimum Gasteiger partial charge on any atom is -0.508 e. The molecule has 7 rings (SSSR count). The van der Waals surface area contributed by atoms with Gasteiger partial charge in [0.05, 0.1) is 29.9 Å². The summed E-state index contributed by atoms with van der Waals surface area (Å²) in [5.41, 5.74) is 5.06. The molecule has 0 radical (unpaired) electrons. The maximum absolute atomic E-state index is 9.91. The van der Waals surface area contributed by atoms with Crippen molar-refractivity contribution in [2.45, 2.75) is 12.5 Å². The zero-order valence-corrected chi connectivity index (χ0v) is 20.2. The van der Waals surface area contributed by atoms with E-state index in [0.29, 0.717) is 5.96 Å². The summed E-state index contributed by atoms with van der Waals surface area (Å²) < 4.78 is 5.45. The Morgan fingerprint density at radius 1 is 0.973 bits per heavy atom. The SMILES string of the molecule is COc1ccc(C2(c3[nH]c(C)nc3-c3ccc(O)cc3)N=C3N=CC=C4c5ccccc5N=C2N43)cc1. The summed E-state index contributed by atoms with van der Waals surface area (Å²) in [7, 11) is 1.65. The number of rotatable bonds is 4. The van der Waals surface area contributed by atoms with E-state index in [0.717, 1.165) is 56.9 Å². The van der Waals surface area contributed by atoms with Gasteiger partial charge in [0.15, 0.2) is 11.4 Å². The topological polar surface area (TPSA) is 98.5 Å². The summed E-state index contributed by atoms with van der Waals surface area (Å²) in [5.74, 6) is 2.96. The zero-order valence-electron chi connectivity index (χ0n) is 20.2. The van der Waals surface area contributed by atoms with Crippen LogP contribution in [0.15, 0.2) is 93.8 Å². The quantitative estimate of drug-likeness (QED) is 0.415. The predicted molar refractivity (Wildman–Crippen MR) is 143 cm³/mol. The molecule has 8 nitrogen and oxygen atoms in total. The van der Waals surface area contributed by atoms with Crippen molar-refractivity contribution >= 4 is 29.4 Å². The van der Waals surface area contributed by atoms with Crippen molar-refractivity contribution in [1.29, 1.82) is 0 Å². The molecule has 37 heavy (non-hydrogen) atoms. The lowest BCUT2D eigenvalue weighted by molar-refractivity contribution is 0.414. The van der Waals surface area contributed by atoms with Crippen molar-refractivity contribution in [2.75, 3.05) is 7.11 Å².